The van der Waals surface area contributed by atoms with E-state index in [1.54, 1.807) is 0 Å². The van der Waals surface area contributed by atoms with Gasteiger partial charge < -0.3 is 20.4 Å². The van der Waals surface area contributed by atoms with Crippen LogP contribution in [0.15, 0.2) is 18.2 Å². The van der Waals surface area contributed by atoms with E-state index in [9.17, 15) is 14.0 Å². The van der Waals surface area contributed by atoms with Crippen LogP contribution in [0.1, 0.15) is 30.6 Å². The fourth-order valence-electron chi connectivity index (χ4n) is 1.80. The van der Waals surface area contributed by atoms with Gasteiger partial charge >= 0.3 is 12.0 Å². The number of nitrogens with zero attached hydrogens (tertiary/aromatic N) is 1. The van der Waals surface area contributed by atoms with Gasteiger partial charge in [0.05, 0.1) is 5.56 Å². The quantitative estimate of drug-likeness (QED) is 0.750. The van der Waals surface area contributed by atoms with E-state index in [2.05, 4.69) is 5.32 Å². The van der Waals surface area contributed by atoms with Crippen molar-refractivity contribution in [2.24, 2.45) is 0 Å². The lowest BCUT2D eigenvalue weighted by Crippen LogP contribution is -2.41. The van der Waals surface area contributed by atoms with Crippen molar-refractivity contribution >= 4 is 17.7 Å². The molecule has 0 aliphatic carbocycles. The number of anilines is 1. The second-order valence-corrected chi connectivity index (χ2v) is 4.79. The number of hydrogen-bond donors (Lipinski definition) is 3. The SMILES string of the molecule is CC(C)N(CCCO)C(=O)Nc1ccc(C(=O)O)c(F)c1. The lowest BCUT2D eigenvalue weighted by Gasteiger charge is -2.26. The number of aliphatic hydroxyl groups is 1. The van der Waals surface area contributed by atoms with E-state index >= 15 is 0 Å². The molecule has 0 saturated carbocycles. The Bertz CT molecular complexity index is 520. The highest BCUT2D eigenvalue weighted by Crippen LogP contribution is 2.15. The molecule has 1 aromatic rings. The molecule has 0 aromatic heterocycles. The largest absolute Gasteiger partial charge is 0.478 e. The Balaban J connectivity index is 2.81. The Morgan fingerprint density at radius 1 is 1.38 bits per heavy atom. The molecule has 0 spiro atoms. The van der Waals surface area contributed by atoms with E-state index in [0.717, 1.165) is 12.1 Å². The first-order valence-electron chi connectivity index (χ1n) is 6.58. The van der Waals surface area contributed by atoms with Gasteiger partial charge in [0.2, 0.25) is 0 Å². The molecular formula is C14H19FN2O4. The standard InChI is InChI=1S/C14H19FN2O4/c1-9(2)17(6-3-7-18)14(21)16-10-4-5-11(13(19)20)12(15)8-10/h4-5,8-9,18H,3,6-7H2,1-2H3,(H,16,21)(H,19,20). The number of benzene rings is 1. The number of aliphatic hydroxyl groups excluding tert-OH is 1. The number of rotatable bonds is 6. The van der Waals surface area contributed by atoms with Gasteiger partial charge in [-0.05, 0) is 38.5 Å². The van der Waals surface area contributed by atoms with Gasteiger partial charge in [0.15, 0.2) is 0 Å². The zero-order valence-corrected chi connectivity index (χ0v) is 12.0. The monoisotopic (exact) mass is 298 g/mol. The summed E-state index contributed by atoms with van der Waals surface area (Å²) >= 11 is 0. The molecule has 0 radical (unpaired) electrons. The first-order valence-corrected chi connectivity index (χ1v) is 6.58. The van der Waals surface area contributed by atoms with E-state index in [0.29, 0.717) is 13.0 Å². The van der Waals surface area contributed by atoms with Crippen molar-refractivity contribution in [3.05, 3.63) is 29.6 Å². The van der Waals surface area contributed by atoms with Crippen LogP contribution in [0, 0.1) is 5.82 Å². The van der Waals surface area contributed by atoms with Gasteiger partial charge in [-0.15, -0.1) is 0 Å². The van der Waals surface area contributed by atoms with Crippen LogP contribution in [0.4, 0.5) is 14.9 Å². The third-order valence-electron chi connectivity index (χ3n) is 2.89. The van der Waals surface area contributed by atoms with Crippen LogP contribution >= 0.6 is 0 Å². The Morgan fingerprint density at radius 3 is 2.52 bits per heavy atom. The second kappa shape index (κ2) is 7.58. The minimum absolute atomic E-state index is 0.0293. The molecule has 0 aliphatic rings. The van der Waals surface area contributed by atoms with E-state index in [-0.39, 0.29) is 18.3 Å². The predicted molar refractivity (Wildman–Crippen MR) is 75.9 cm³/mol. The van der Waals surface area contributed by atoms with Crippen molar-refractivity contribution in [3.63, 3.8) is 0 Å². The number of urea groups is 1. The fourth-order valence-corrected chi connectivity index (χ4v) is 1.80. The number of carbonyl (C=O) groups is 2. The van der Waals surface area contributed by atoms with Crippen molar-refractivity contribution in [1.82, 2.24) is 4.90 Å². The molecule has 1 rings (SSSR count). The van der Waals surface area contributed by atoms with Gasteiger partial charge in [-0.1, -0.05) is 0 Å². The number of hydrogen-bond acceptors (Lipinski definition) is 3. The molecule has 0 heterocycles. The Labute approximate surface area is 122 Å². The number of carboxylic acids is 1. The number of halogens is 1. The second-order valence-electron chi connectivity index (χ2n) is 4.79. The van der Waals surface area contributed by atoms with Crippen LogP contribution < -0.4 is 5.32 Å². The third-order valence-corrected chi connectivity index (χ3v) is 2.89. The van der Waals surface area contributed by atoms with Crippen LogP contribution in [-0.4, -0.2) is 46.3 Å². The van der Waals surface area contributed by atoms with Gasteiger partial charge in [-0.25, -0.2) is 14.0 Å². The highest BCUT2D eigenvalue weighted by atomic mass is 19.1. The Morgan fingerprint density at radius 2 is 2.05 bits per heavy atom. The first-order chi connectivity index (χ1) is 9.86. The maximum atomic E-state index is 13.5. The van der Waals surface area contributed by atoms with Crippen LogP contribution in [0.2, 0.25) is 0 Å². The van der Waals surface area contributed by atoms with Crippen molar-refractivity contribution in [3.8, 4) is 0 Å². The molecule has 6 nitrogen and oxygen atoms in total. The van der Waals surface area contributed by atoms with Crippen LogP contribution in [-0.2, 0) is 0 Å². The Hall–Kier alpha value is -2.15. The topological polar surface area (TPSA) is 89.9 Å². The highest BCUT2D eigenvalue weighted by Gasteiger charge is 2.17. The molecule has 7 heteroatoms. The third kappa shape index (κ3) is 4.71. The fraction of sp³-hybridized carbons (Fsp3) is 0.429. The highest BCUT2D eigenvalue weighted by molar-refractivity contribution is 5.92. The van der Waals surface area contributed by atoms with Gasteiger partial charge in [-0.3, -0.25) is 0 Å². The van der Waals surface area contributed by atoms with Gasteiger partial charge in [0.1, 0.15) is 5.82 Å². The molecule has 0 aliphatic heterocycles. The normalized spacial score (nSPS) is 10.5. The summed E-state index contributed by atoms with van der Waals surface area (Å²) in [6, 6.07) is 2.88. The van der Waals surface area contributed by atoms with E-state index in [4.69, 9.17) is 10.2 Å². The molecule has 116 valence electrons. The van der Waals surface area contributed by atoms with Crippen molar-refractivity contribution < 1.29 is 24.2 Å². The molecule has 0 atom stereocenters. The van der Waals surface area contributed by atoms with Crippen molar-refractivity contribution in [2.45, 2.75) is 26.3 Å². The summed E-state index contributed by atoms with van der Waals surface area (Å²) < 4.78 is 13.5. The number of amides is 2. The first kappa shape index (κ1) is 16.9. The summed E-state index contributed by atoms with van der Waals surface area (Å²) in [5, 5.41) is 20.1. The molecule has 3 N–H and O–H groups in total. The molecule has 0 fully saturated rings. The molecule has 0 bridgehead atoms. The molecule has 21 heavy (non-hydrogen) atoms. The molecular weight excluding hydrogens is 279 g/mol. The molecule has 0 saturated heterocycles. The van der Waals surface area contributed by atoms with Crippen LogP contribution in [0.5, 0.6) is 0 Å². The van der Waals surface area contributed by atoms with Gasteiger partial charge in [-0.2, -0.15) is 0 Å². The summed E-state index contributed by atoms with van der Waals surface area (Å²) in [6.45, 7) is 3.99. The molecule has 1 aromatic carbocycles. The summed E-state index contributed by atoms with van der Waals surface area (Å²) in [6.07, 6.45) is 0.442. The van der Waals surface area contributed by atoms with E-state index < -0.39 is 23.4 Å². The number of aromatic carboxylic acids is 1. The lowest BCUT2D eigenvalue weighted by atomic mass is 10.2. The number of carboxylic acid groups (broad SMARTS) is 1. The van der Waals surface area contributed by atoms with Crippen molar-refractivity contribution in [1.29, 1.82) is 0 Å². The maximum absolute atomic E-state index is 13.5. The predicted octanol–water partition coefficient (Wildman–Crippen LogP) is 2.15. The summed E-state index contributed by atoms with van der Waals surface area (Å²) in [7, 11) is 0. The van der Waals surface area contributed by atoms with Crippen LogP contribution in [0.25, 0.3) is 0 Å². The maximum Gasteiger partial charge on any atom is 0.338 e. The van der Waals surface area contributed by atoms with Gasteiger partial charge in [0, 0.05) is 24.9 Å². The summed E-state index contributed by atoms with van der Waals surface area (Å²) in [4.78, 5) is 24.3. The van der Waals surface area contributed by atoms with Crippen molar-refractivity contribution in [2.75, 3.05) is 18.5 Å². The number of carbonyl (C=O) groups excluding carboxylic acids is 1. The minimum Gasteiger partial charge on any atom is -0.478 e. The molecule has 0 unspecified atom stereocenters. The minimum atomic E-state index is -1.36. The summed E-state index contributed by atoms with van der Waals surface area (Å²) in [5.74, 6) is -2.27. The Kier molecular flexibility index (Phi) is 6.10. The summed E-state index contributed by atoms with van der Waals surface area (Å²) in [5.41, 5.74) is -0.272. The lowest BCUT2D eigenvalue weighted by molar-refractivity contribution is 0.0692. The van der Waals surface area contributed by atoms with E-state index in [1.165, 1.54) is 11.0 Å². The van der Waals surface area contributed by atoms with Crippen LogP contribution in [0.3, 0.4) is 0 Å². The zero-order chi connectivity index (χ0) is 16.0. The zero-order valence-electron chi connectivity index (χ0n) is 12.0. The number of nitrogens with one attached hydrogen (secondary N) is 1. The van der Waals surface area contributed by atoms with E-state index in [1.807, 2.05) is 13.8 Å². The van der Waals surface area contributed by atoms with Gasteiger partial charge in [0.25, 0.3) is 0 Å². The smallest absolute Gasteiger partial charge is 0.338 e. The average molecular weight is 298 g/mol. The molecule has 2 amide bonds. The average Bonchev–Trinajstić information content (AvgIpc) is 2.38.